The fraction of sp³-hybridized carbons (Fsp3) is 0.583. The number of aryl methyl sites for hydroxylation is 1. The van der Waals surface area contributed by atoms with Gasteiger partial charge in [-0.2, -0.15) is 5.10 Å². The van der Waals surface area contributed by atoms with Crippen LogP contribution in [0.3, 0.4) is 0 Å². The van der Waals surface area contributed by atoms with Crippen LogP contribution in [0.2, 0.25) is 0 Å². The van der Waals surface area contributed by atoms with Crippen LogP contribution < -0.4 is 5.32 Å². The van der Waals surface area contributed by atoms with Crippen LogP contribution in [0.15, 0.2) is 36.5 Å². The van der Waals surface area contributed by atoms with Gasteiger partial charge in [0.1, 0.15) is 6.20 Å². The van der Waals surface area contributed by atoms with Crippen LogP contribution in [-0.2, 0) is 12.0 Å². The van der Waals surface area contributed by atoms with Gasteiger partial charge in [-0.15, -0.1) is 0 Å². The number of aromatic nitrogens is 2. The lowest BCUT2D eigenvalue weighted by Crippen LogP contribution is -2.52. The molecule has 1 aromatic heterocycles. The van der Waals surface area contributed by atoms with Gasteiger partial charge in [-0.3, -0.25) is 19.6 Å². The highest BCUT2D eigenvalue weighted by Gasteiger charge is 2.53. The van der Waals surface area contributed by atoms with E-state index >= 15 is 0 Å². The summed E-state index contributed by atoms with van der Waals surface area (Å²) in [6, 6.07) is 10.0. The fourth-order valence-corrected chi connectivity index (χ4v) is 6.64. The molecule has 4 aliphatic rings. The average Bonchev–Trinajstić information content (AvgIpc) is 3.19. The van der Waals surface area contributed by atoms with Gasteiger partial charge in [0.25, 0.3) is 5.91 Å². The average molecular weight is 423 g/mol. The lowest BCUT2D eigenvalue weighted by molar-refractivity contribution is -0.385. The highest BCUT2D eigenvalue weighted by Crippen LogP contribution is 2.58. The van der Waals surface area contributed by atoms with Crippen LogP contribution in [-0.4, -0.2) is 26.7 Å². The number of hydrogen-bond donors (Lipinski definition) is 1. The second-order valence-corrected chi connectivity index (χ2v) is 10.1. The molecule has 4 saturated carbocycles. The molecule has 4 bridgehead atoms. The molecule has 1 amide bonds. The maximum Gasteiger partial charge on any atom is 0.320 e. The molecule has 4 aliphatic carbocycles. The molecule has 0 unspecified atom stereocenters. The molecule has 1 aromatic carbocycles. The summed E-state index contributed by atoms with van der Waals surface area (Å²) in [6.07, 6.45) is 10.1. The van der Waals surface area contributed by atoms with Gasteiger partial charge in [-0.1, -0.05) is 30.3 Å². The third-order valence-electron chi connectivity index (χ3n) is 7.68. The number of carbonyl (C=O) groups is 1. The summed E-state index contributed by atoms with van der Waals surface area (Å²) in [5.74, 6) is 1.65. The van der Waals surface area contributed by atoms with Crippen molar-refractivity contribution in [1.29, 1.82) is 0 Å². The molecule has 7 nitrogen and oxygen atoms in total. The molecule has 0 spiro atoms. The maximum atomic E-state index is 12.9. The van der Waals surface area contributed by atoms with Crippen LogP contribution in [0, 0.1) is 27.9 Å². The Hall–Kier alpha value is -2.70. The minimum absolute atomic E-state index is 0.0488. The number of rotatable bonds is 7. The quantitative estimate of drug-likeness (QED) is 0.527. The van der Waals surface area contributed by atoms with Crippen LogP contribution in [0.5, 0.6) is 0 Å². The number of nitrogens with zero attached hydrogens (tertiary/aromatic N) is 3. The molecule has 0 saturated heterocycles. The molecule has 2 aromatic rings. The predicted molar refractivity (Wildman–Crippen MR) is 117 cm³/mol. The highest BCUT2D eigenvalue weighted by molar-refractivity contribution is 5.96. The van der Waals surface area contributed by atoms with Gasteiger partial charge in [0, 0.05) is 6.04 Å². The Balaban J connectivity index is 1.32. The highest BCUT2D eigenvalue weighted by atomic mass is 16.6. The molecule has 1 heterocycles. The summed E-state index contributed by atoms with van der Waals surface area (Å²) in [5.41, 5.74) is 0.841. The molecular weight excluding hydrogens is 392 g/mol. The van der Waals surface area contributed by atoms with E-state index in [9.17, 15) is 14.9 Å². The van der Waals surface area contributed by atoms with Gasteiger partial charge in [-0.25, -0.2) is 0 Å². The summed E-state index contributed by atoms with van der Waals surface area (Å²) in [7, 11) is 0. The van der Waals surface area contributed by atoms with Crippen molar-refractivity contribution in [2.75, 3.05) is 0 Å². The van der Waals surface area contributed by atoms with Gasteiger partial charge in [0.15, 0.2) is 0 Å². The van der Waals surface area contributed by atoms with Crippen molar-refractivity contribution < 1.29 is 9.72 Å². The summed E-state index contributed by atoms with van der Waals surface area (Å²) >= 11 is 0. The number of amides is 1. The Morgan fingerprint density at radius 1 is 1.19 bits per heavy atom. The van der Waals surface area contributed by atoms with E-state index in [1.807, 2.05) is 25.1 Å². The van der Waals surface area contributed by atoms with Crippen molar-refractivity contribution in [3.63, 3.8) is 0 Å². The Labute approximate surface area is 182 Å². The van der Waals surface area contributed by atoms with Crippen molar-refractivity contribution in [1.82, 2.24) is 15.1 Å². The first-order chi connectivity index (χ1) is 14.9. The maximum absolute atomic E-state index is 12.9. The molecule has 7 heteroatoms. The Bertz CT molecular complexity index is 949. The van der Waals surface area contributed by atoms with Gasteiger partial charge < -0.3 is 5.32 Å². The van der Waals surface area contributed by atoms with Gasteiger partial charge in [-0.05, 0) is 81.6 Å². The molecule has 1 N–H and O–H groups in total. The Kier molecular flexibility index (Phi) is 5.07. The van der Waals surface area contributed by atoms with Crippen molar-refractivity contribution >= 4 is 11.6 Å². The zero-order valence-corrected chi connectivity index (χ0v) is 18.0. The normalized spacial score (nSPS) is 29.6. The first-order valence-corrected chi connectivity index (χ1v) is 11.5. The number of carbonyl (C=O) groups excluding carboxylic acids is 1. The molecule has 0 radical (unpaired) electrons. The van der Waals surface area contributed by atoms with Gasteiger partial charge >= 0.3 is 5.69 Å². The SMILES string of the molecule is C[C@H](CCc1ccccc1)NC(=O)c1nn(C23CC4CC(CC(C4)C2)C3)cc1[N+](=O)[O-]. The van der Waals surface area contributed by atoms with E-state index in [2.05, 4.69) is 22.5 Å². The van der Waals surface area contributed by atoms with E-state index in [0.717, 1.165) is 32.1 Å². The zero-order valence-electron chi connectivity index (χ0n) is 18.0. The van der Waals surface area contributed by atoms with Crippen molar-refractivity contribution in [3.05, 3.63) is 57.9 Å². The lowest BCUT2D eigenvalue weighted by Gasteiger charge is -2.56. The summed E-state index contributed by atoms with van der Waals surface area (Å²) in [6.45, 7) is 1.93. The van der Waals surface area contributed by atoms with Crippen LogP contribution in [0.1, 0.15) is 67.9 Å². The third-order valence-corrected chi connectivity index (χ3v) is 7.68. The van der Waals surface area contributed by atoms with Crippen molar-refractivity contribution in [2.24, 2.45) is 17.8 Å². The number of benzene rings is 1. The summed E-state index contributed by atoms with van der Waals surface area (Å²) in [5, 5.41) is 19.2. The number of nitro groups is 1. The van der Waals surface area contributed by atoms with Crippen molar-refractivity contribution in [2.45, 2.75) is 69.9 Å². The Morgan fingerprint density at radius 3 is 2.39 bits per heavy atom. The molecule has 0 aliphatic heterocycles. The van der Waals surface area contributed by atoms with Crippen LogP contribution >= 0.6 is 0 Å². The molecule has 31 heavy (non-hydrogen) atoms. The predicted octanol–water partition coefficient (Wildman–Crippen LogP) is 4.47. The topological polar surface area (TPSA) is 90.1 Å². The van der Waals surface area contributed by atoms with E-state index < -0.39 is 10.8 Å². The minimum atomic E-state index is -0.465. The van der Waals surface area contributed by atoms with Crippen LogP contribution in [0.25, 0.3) is 0 Å². The van der Waals surface area contributed by atoms with Crippen molar-refractivity contribution in [3.8, 4) is 0 Å². The Morgan fingerprint density at radius 2 is 1.81 bits per heavy atom. The van der Waals surface area contributed by atoms with E-state index in [1.165, 1.54) is 31.0 Å². The molecule has 1 atom stereocenters. The van der Waals surface area contributed by atoms with Gasteiger partial charge in [0.05, 0.1) is 10.5 Å². The smallest absolute Gasteiger partial charge is 0.320 e. The second-order valence-electron chi connectivity index (χ2n) is 10.1. The summed E-state index contributed by atoms with van der Waals surface area (Å²) in [4.78, 5) is 24.2. The van der Waals surface area contributed by atoms with E-state index in [4.69, 9.17) is 0 Å². The van der Waals surface area contributed by atoms with Gasteiger partial charge in [0.2, 0.25) is 5.69 Å². The zero-order chi connectivity index (χ0) is 21.6. The molecule has 4 fully saturated rings. The number of hydrogen-bond acceptors (Lipinski definition) is 4. The van der Waals surface area contributed by atoms with E-state index in [-0.39, 0.29) is 23.0 Å². The lowest BCUT2D eigenvalue weighted by atomic mass is 9.53. The monoisotopic (exact) mass is 422 g/mol. The fourth-order valence-electron chi connectivity index (χ4n) is 6.64. The molecular formula is C24H30N4O3. The van der Waals surface area contributed by atoms with E-state index in [1.54, 1.807) is 4.68 Å². The first kappa shape index (κ1) is 20.2. The third kappa shape index (κ3) is 3.86. The largest absolute Gasteiger partial charge is 0.348 e. The minimum Gasteiger partial charge on any atom is -0.348 e. The van der Waals surface area contributed by atoms with Crippen LogP contribution in [0.4, 0.5) is 5.69 Å². The molecule has 164 valence electrons. The standard InChI is InChI=1S/C24H30N4O3/c1-16(7-8-17-5-3-2-4-6-17)25-23(29)22-21(28(30)31)15-27(26-22)24-12-18-9-19(13-24)11-20(10-18)14-24/h2-6,15-16,18-20H,7-14H2,1H3,(H,25,29)/t16-,18?,19?,20?,24?/m1/s1. The number of nitrogens with one attached hydrogen (secondary N) is 1. The molecule has 6 rings (SSSR count). The second kappa shape index (κ2) is 7.77. The summed E-state index contributed by atoms with van der Waals surface area (Å²) < 4.78 is 1.80. The first-order valence-electron chi connectivity index (χ1n) is 11.5. The van der Waals surface area contributed by atoms with E-state index in [0.29, 0.717) is 17.8 Å².